The Balaban J connectivity index is 0.00000289. The van der Waals surface area contributed by atoms with Crippen LogP contribution in [0, 0.1) is 5.41 Å². The molecular formula is C12H17Cl2N3O. The molecular weight excluding hydrogens is 273 g/mol. The van der Waals surface area contributed by atoms with E-state index < -0.39 is 0 Å². The van der Waals surface area contributed by atoms with Crippen LogP contribution in [-0.2, 0) is 11.2 Å². The number of hydrogen-bond acceptors (Lipinski definition) is 2. The minimum atomic E-state index is -0.217. The monoisotopic (exact) mass is 289 g/mol. The third-order valence-corrected chi connectivity index (χ3v) is 2.23. The zero-order valence-electron chi connectivity index (χ0n) is 10.3. The van der Waals surface area contributed by atoms with E-state index in [1.165, 1.54) is 0 Å². The van der Waals surface area contributed by atoms with Crippen molar-refractivity contribution in [3.05, 3.63) is 34.9 Å². The lowest BCUT2D eigenvalue weighted by Gasteiger charge is -2.11. The normalized spacial score (nSPS) is 9.56. The summed E-state index contributed by atoms with van der Waals surface area (Å²) in [5.74, 6) is -0.190. The van der Waals surface area contributed by atoms with E-state index in [2.05, 4.69) is 10.6 Å². The van der Waals surface area contributed by atoms with E-state index in [4.69, 9.17) is 17.0 Å². The second-order valence-electron chi connectivity index (χ2n) is 4.03. The number of carbonyl (C=O) groups excluding carboxylic acids is 1. The molecule has 0 unspecified atom stereocenters. The molecule has 0 heterocycles. The Morgan fingerprint density at radius 3 is 2.39 bits per heavy atom. The van der Waals surface area contributed by atoms with Crippen LogP contribution in [0.4, 0.5) is 0 Å². The van der Waals surface area contributed by atoms with Gasteiger partial charge in [0, 0.05) is 11.1 Å². The fraction of sp³-hybridized carbons (Fsp3) is 0.333. The predicted molar refractivity (Wildman–Crippen MR) is 76.5 cm³/mol. The van der Waals surface area contributed by atoms with Gasteiger partial charge >= 0.3 is 0 Å². The smallest absolute Gasteiger partial charge is 0.231 e. The predicted octanol–water partition coefficient (Wildman–Crippen LogP) is 2.35. The Kier molecular flexibility index (Phi) is 7.39. The van der Waals surface area contributed by atoms with E-state index >= 15 is 0 Å². The summed E-state index contributed by atoms with van der Waals surface area (Å²) in [6.07, 6.45) is 0.235. The highest BCUT2D eigenvalue weighted by Crippen LogP contribution is 2.09. The summed E-state index contributed by atoms with van der Waals surface area (Å²) in [4.78, 5) is 11.6. The molecule has 0 saturated heterocycles. The quantitative estimate of drug-likeness (QED) is 0.591. The lowest BCUT2D eigenvalue weighted by atomic mass is 10.1. The van der Waals surface area contributed by atoms with Gasteiger partial charge in [-0.05, 0) is 31.5 Å². The van der Waals surface area contributed by atoms with Crippen molar-refractivity contribution in [1.82, 2.24) is 10.6 Å². The molecule has 0 saturated carbocycles. The van der Waals surface area contributed by atoms with E-state index in [1.54, 1.807) is 24.3 Å². The maximum Gasteiger partial charge on any atom is 0.231 e. The highest BCUT2D eigenvalue weighted by molar-refractivity contribution is 6.30. The van der Waals surface area contributed by atoms with Crippen LogP contribution in [0.3, 0.4) is 0 Å². The Hall–Kier alpha value is -1.26. The van der Waals surface area contributed by atoms with Gasteiger partial charge in [-0.15, -0.1) is 12.4 Å². The number of benzene rings is 1. The van der Waals surface area contributed by atoms with Gasteiger partial charge in [0.2, 0.25) is 5.91 Å². The highest BCUT2D eigenvalue weighted by atomic mass is 35.5. The molecule has 0 atom stereocenters. The van der Waals surface area contributed by atoms with Gasteiger partial charge in [0.25, 0.3) is 0 Å². The zero-order chi connectivity index (χ0) is 12.8. The van der Waals surface area contributed by atoms with Crippen molar-refractivity contribution in [2.24, 2.45) is 0 Å². The van der Waals surface area contributed by atoms with Crippen LogP contribution < -0.4 is 10.6 Å². The molecule has 0 aromatic heterocycles. The van der Waals surface area contributed by atoms with Crippen LogP contribution in [0.25, 0.3) is 0 Å². The molecule has 0 radical (unpaired) electrons. The lowest BCUT2D eigenvalue weighted by Crippen LogP contribution is -2.43. The molecule has 1 amide bonds. The first-order valence-electron chi connectivity index (χ1n) is 5.36. The highest BCUT2D eigenvalue weighted by Gasteiger charge is 2.06. The van der Waals surface area contributed by atoms with Crippen LogP contribution in [-0.4, -0.2) is 17.9 Å². The maximum absolute atomic E-state index is 11.6. The van der Waals surface area contributed by atoms with Crippen molar-refractivity contribution in [2.45, 2.75) is 26.3 Å². The zero-order valence-corrected chi connectivity index (χ0v) is 11.9. The molecule has 1 aromatic rings. The van der Waals surface area contributed by atoms with Crippen molar-refractivity contribution in [2.75, 3.05) is 0 Å². The number of halogens is 2. The third-order valence-electron chi connectivity index (χ3n) is 1.98. The third kappa shape index (κ3) is 6.47. The minimum Gasteiger partial charge on any atom is -0.354 e. The van der Waals surface area contributed by atoms with Gasteiger partial charge in [-0.1, -0.05) is 23.7 Å². The van der Waals surface area contributed by atoms with Gasteiger partial charge in [-0.3, -0.25) is 15.5 Å². The largest absolute Gasteiger partial charge is 0.354 e. The van der Waals surface area contributed by atoms with Gasteiger partial charge in [0.1, 0.15) is 0 Å². The second-order valence-corrected chi connectivity index (χ2v) is 4.46. The molecule has 3 N–H and O–H groups in total. The molecule has 0 fully saturated rings. The van der Waals surface area contributed by atoms with Crippen molar-refractivity contribution < 1.29 is 4.79 Å². The van der Waals surface area contributed by atoms with Gasteiger partial charge in [0.05, 0.1) is 6.42 Å². The molecule has 1 rings (SSSR count). The average molecular weight is 290 g/mol. The molecule has 6 heteroatoms. The summed E-state index contributed by atoms with van der Waals surface area (Å²) in [5.41, 5.74) is 0.865. The molecule has 0 spiro atoms. The number of guanidine groups is 1. The Labute approximate surface area is 118 Å². The summed E-state index contributed by atoms with van der Waals surface area (Å²) in [7, 11) is 0. The number of hydrogen-bond donors (Lipinski definition) is 3. The number of rotatable bonds is 3. The Morgan fingerprint density at radius 2 is 1.89 bits per heavy atom. The summed E-state index contributed by atoms with van der Waals surface area (Å²) >= 11 is 5.75. The molecule has 18 heavy (non-hydrogen) atoms. The van der Waals surface area contributed by atoms with Gasteiger partial charge in [0.15, 0.2) is 5.96 Å². The SMILES string of the molecule is CC(C)NC(=N)NC(=O)Cc1ccc(Cl)cc1.Cl. The van der Waals surface area contributed by atoms with E-state index in [0.717, 1.165) is 5.56 Å². The topological polar surface area (TPSA) is 65.0 Å². The van der Waals surface area contributed by atoms with E-state index in [9.17, 15) is 4.79 Å². The van der Waals surface area contributed by atoms with E-state index in [0.29, 0.717) is 5.02 Å². The van der Waals surface area contributed by atoms with Gasteiger partial charge in [-0.2, -0.15) is 0 Å². The number of nitrogens with one attached hydrogen (secondary N) is 3. The first-order chi connectivity index (χ1) is 7.97. The average Bonchev–Trinajstić information content (AvgIpc) is 2.19. The molecule has 0 aliphatic rings. The van der Waals surface area contributed by atoms with Gasteiger partial charge in [-0.25, -0.2) is 0 Å². The summed E-state index contributed by atoms with van der Waals surface area (Å²) < 4.78 is 0. The van der Waals surface area contributed by atoms with E-state index in [1.807, 2.05) is 13.8 Å². The fourth-order valence-electron chi connectivity index (χ4n) is 1.30. The van der Waals surface area contributed by atoms with Crippen molar-refractivity contribution in [1.29, 1.82) is 5.41 Å². The second kappa shape index (κ2) is 7.95. The summed E-state index contributed by atoms with van der Waals surface area (Å²) in [6.45, 7) is 3.81. The van der Waals surface area contributed by atoms with Crippen LogP contribution in [0.2, 0.25) is 5.02 Å². The number of carbonyl (C=O) groups is 1. The van der Waals surface area contributed by atoms with Crippen molar-refractivity contribution in [3.63, 3.8) is 0 Å². The van der Waals surface area contributed by atoms with Crippen molar-refractivity contribution >= 4 is 35.9 Å². The Bertz CT molecular complexity index is 404. The van der Waals surface area contributed by atoms with Crippen molar-refractivity contribution in [3.8, 4) is 0 Å². The first-order valence-corrected chi connectivity index (χ1v) is 5.74. The number of amides is 1. The van der Waals surface area contributed by atoms with Crippen LogP contribution >= 0.6 is 24.0 Å². The summed E-state index contributed by atoms with van der Waals surface area (Å²) in [6, 6.07) is 7.19. The molecule has 0 aliphatic heterocycles. The molecule has 1 aromatic carbocycles. The van der Waals surface area contributed by atoms with Gasteiger partial charge < -0.3 is 5.32 Å². The van der Waals surface area contributed by atoms with Crippen LogP contribution in [0.15, 0.2) is 24.3 Å². The maximum atomic E-state index is 11.6. The lowest BCUT2D eigenvalue weighted by molar-refractivity contribution is -0.119. The molecule has 100 valence electrons. The minimum absolute atomic E-state index is 0. The van der Waals surface area contributed by atoms with E-state index in [-0.39, 0.29) is 36.7 Å². The molecule has 0 bridgehead atoms. The first kappa shape index (κ1) is 16.7. The molecule has 4 nitrogen and oxygen atoms in total. The standard InChI is InChI=1S/C12H16ClN3O.ClH/c1-8(2)15-12(14)16-11(17)7-9-3-5-10(13)6-4-9;/h3-6,8H,7H2,1-2H3,(H3,14,15,16,17);1H. The molecule has 0 aliphatic carbocycles. The van der Waals surface area contributed by atoms with Crippen LogP contribution in [0.5, 0.6) is 0 Å². The summed E-state index contributed by atoms with van der Waals surface area (Å²) in [5, 5.41) is 13.4. The van der Waals surface area contributed by atoms with Crippen LogP contribution in [0.1, 0.15) is 19.4 Å². The fourth-order valence-corrected chi connectivity index (χ4v) is 1.42. The Morgan fingerprint density at radius 1 is 1.33 bits per heavy atom.